The number of halogens is 2. The van der Waals surface area contributed by atoms with E-state index in [1.54, 1.807) is 0 Å². The van der Waals surface area contributed by atoms with Gasteiger partial charge >= 0.3 is 0 Å². The summed E-state index contributed by atoms with van der Waals surface area (Å²) in [6.07, 6.45) is 7.41. The van der Waals surface area contributed by atoms with Gasteiger partial charge in [-0.25, -0.2) is 0 Å². The molecule has 0 saturated heterocycles. The molecule has 4 heteroatoms. The first kappa shape index (κ1) is 23.8. The van der Waals surface area contributed by atoms with E-state index in [0.717, 1.165) is 12.1 Å². The average Bonchev–Trinajstić information content (AvgIpc) is 2.71. The lowest BCUT2D eigenvalue weighted by Gasteiger charge is -2.29. The molecule has 0 radical (unpaired) electrons. The quantitative estimate of drug-likeness (QED) is 0.119. The highest BCUT2D eigenvalue weighted by Crippen LogP contribution is 2.32. The fourth-order valence-corrected chi connectivity index (χ4v) is 12.4. The van der Waals surface area contributed by atoms with Crippen molar-refractivity contribution in [2.24, 2.45) is 0 Å². The molecule has 0 spiro atoms. The van der Waals surface area contributed by atoms with Crippen LogP contribution in [-0.4, -0.2) is 14.8 Å². The molecule has 3 rings (SSSR count). The van der Waals surface area contributed by atoms with Gasteiger partial charge in [-0.05, 0) is 44.0 Å². The third kappa shape index (κ3) is 4.98. The zero-order valence-corrected chi connectivity index (χ0v) is 22.5. The summed E-state index contributed by atoms with van der Waals surface area (Å²) in [6, 6.07) is 20.1. The molecule has 0 aliphatic rings. The minimum absolute atomic E-state index is 1.13. The molecule has 2 atom stereocenters. The number of hydrogen-bond donors (Lipinski definition) is 0. The number of benzene rings is 3. The van der Waals surface area contributed by atoms with Gasteiger partial charge < -0.3 is 0 Å². The lowest BCUT2D eigenvalue weighted by atomic mass is 10.0. The van der Waals surface area contributed by atoms with Crippen molar-refractivity contribution in [3.05, 3.63) is 48.5 Å². The van der Waals surface area contributed by atoms with Gasteiger partial charge in [-0.15, -0.1) is 0 Å². The van der Waals surface area contributed by atoms with Crippen molar-refractivity contribution in [1.29, 1.82) is 0 Å². The maximum absolute atomic E-state index is 7.44. The summed E-state index contributed by atoms with van der Waals surface area (Å²) in [6.45, 7) is 9.21. The van der Waals surface area contributed by atoms with Crippen LogP contribution in [-0.2, 0) is 0 Å². The number of rotatable bonds is 10. The van der Waals surface area contributed by atoms with E-state index in [2.05, 4.69) is 75.5 Å². The smallest absolute Gasteiger partial charge is 0.161 e. The van der Waals surface area contributed by atoms with Gasteiger partial charge in [-0.2, -0.15) is 22.2 Å². The van der Waals surface area contributed by atoms with Gasteiger partial charge in [0.25, 0.3) is 0 Å². The number of fused-ring (bicyclic) bond motifs is 2. The van der Waals surface area contributed by atoms with Gasteiger partial charge in [0.05, 0.1) is 0 Å². The second-order valence-corrected chi connectivity index (χ2v) is 20.9. The fraction of sp³-hybridized carbons (Fsp3) is 0.462. The Kier molecular flexibility index (Phi) is 8.11. The molecule has 0 aliphatic carbocycles. The largest absolute Gasteiger partial charge is 0.185 e. The predicted molar refractivity (Wildman–Crippen MR) is 144 cm³/mol. The van der Waals surface area contributed by atoms with Crippen molar-refractivity contribution in [3.8, 4) is 0 Å². The van der Waals surface area contributed by atoms with Crippen LogP contribution in [0.2, 0.25) is 25.2 Å². The molecule has 30 heavy (non-hydrogen) atoms. The Morgan fingerprint density at radius 2 is 0.867 bits per heavy atom. The number of unbranched alkanes of at least 4 members (excludes halogenated alkanes) is 4. The zero-order valence-electron chi connectivity index (χ0n) is 19.0. The molecule has 3 aromatic carbocycles. The standard InChI is InChI=1S/C26H36Cl2Si2/c1-5-7-13-19-29(3,27)25-21-15-9-11-17-23(21)26(24-18-12-10-16-22(24)25)30(4,28)20-14-8-6-2/h9-12,15-18H,5-8,13-14,19-20H2,1-4H3. The summed E-state index contributed by atoms with van der Waals surface area (Å²) in [4.78, 5) is 0. The lowest BCUT2D eigenvalue weighted by molar-refractivity contribution is 0.766. The maximum Gasteiger partial charge on any atom is 0.185 e. The van der Waals surface area contributed by atoms with Crippen LogP contribution in [0.1, 0.15) is 52.4 Å². The Hall–Kier alpha value is -0.806. The van der Waals surface area contributed by atoms with Crippen LogP contribution < -0.4 is 10.4 Å². The van der Waals surface area contributed by atoms with Crippen molar-refractivity contribution in [1.82, 2.24) is 0 Å². The predicted octanol–water partition coefficient (Wildman–Crippen LogP) is 8.42. The summed E-state index contributed by atoms with van der Waals surface area (Å²) in [7, 11) is -4.23. The van der Waals surface area contributed by atoms with Crippen molar-refractivity contribution >= 4 is 68.8 Å². The van der Waals surface area contributed by atoms with Crippen LogP contribution in [0.25, 0.3) is 21.5 Å². The topological polar surface area (TPSA) is 0 Å². The first-order chi connectivity index (χ1) is 14.3. The summed E-state index contributed by atoms with van der Waals surface area (Å²) < 4.78 is 0. The van der Waals surface area contributed by atoms with Crippen LogP contribution in [0, 0.1) is 0 Å². The maximum atomic E-state index is 7.44. The molecule has 0 saturated carbocycles. The van der Waals surface area contributed by atoms with E-state index in [0.29, 0.717) is 0 Å². The minimum Gasteiger partial charge on any atom is -0.161 e. The second-order valence-electron chi connectivity index (χ2n) is 9.15. The van der Waals surface area contributed by atoms with Gasteiger partial charge in [-0.1, -0.05) is 114 Å². The normalized spacial score (nSPS) is 15.9. The molecule has 0 fully saturated rings. The molecule has 0 amide bonds. The molecule has 0 bridgehead atoms. The van der Waals surface area contributed by atoms with Crippen LogP contribution in [0.4, 0.5) is 0 Å². The van der Waals surface area contributed by atoms with Gasteiger partial charge in [0, 0.05) is 0 Å². The van der Waals surface area contributed by atoms with Crippen molar-refractivity contribution in [3.63, 3.8) is 0 Å². The number of hydrogen-bond acceptors (Lipinski definition) is 0. The summed E-state index contributed by atoms with van der Waals surface area (Å²) >= 11 is 14.9. The molecular formula is C26H36Cl2Si2. The summed E-state index contributed by atoms with van der Waals surface area (Å²) in [5, 5.41) is 8.24. The third-order valence-corrected chi connectivity index (χ3v) is 14.5. The van der Waals surface area contributed by atoms with Crippen LogP contribution in [0.15, 0.2) is 48.5 Å². The first-order valence-electron chi connectivity index (χ1n) is 11.7. The molecular weight excluding hydrogens is 439 g/mol. The first-order valence-corrected chi connectivity index (χ1v) is 19.1. The highest BCUT2D eigenvalue weighted by atomic mass is 35.6. The zero-order chi connectivity index (χ0) is 21.8. The van der Waals surface area contributed by atoms with Crippen LogP contribution in [0.5, 0.6) is 0 Å². The van der Waals surface area contributed by atoms with Crippen LogP contribution in [0.3, 0.4) is 0 Å². The second kappa shape index (κ2) is 10.2. The minimum atomic E-state index is -2.11. The van der Waals surface area contributed by atoms with E-state index in [1.807, 2.05) is 0 Å². The Balaban J connectivity index is 2.28. The van der Waals surface area contributed by atoms with Crippen molar-refractivity contribution in [2.75, 3.05) is 0 Å². The molecule has 3 aromatic rings. The van der Waals surface area contributed by atoms with Crippen LogP contribution >= 0.6 is 22.2 Å². The summed E-state index contributed by atoms with van der Waals surface area (Å²) in [5.74, 6) is 0. The fourth-order valence-electron chi connectivity index (χ4n) is 4.92. The van der Waals surface area contributed by atoms with E-state index in [1.165, 1.54) is 70.4 Å². The van der Waals surface area contributed by atoms with Gasteiger partial charge in [0.2, 0.25) is 0 Å². The lowest BCUT2D eigenvalue weighted by Crippen LogP contribution is -2.45. The Labute approximate surface area is 194 Å². The van der Waals surface area contributed by atoms with Crippen molar-refractivity contribution in [2.45, 2.75) is 77.6 Å². The van der Waals surface area contributed by atoms with E-state index in [4.69, 9.17) is 22.2 Å². The molecule has 0 nitrogen and oxygen atoms in total. The van der Waals surface area contributed by atoms with E-state index in [-0.39, 0.29) is 0 Å². The highest BCUT2D eigenvalue weighted by Gasteiger charge is 2.36. The van der Waals surface area contributed by atoms with Crippen molar-refractivity contribution < 1.29 is 0 Å². The average molecular weight is 476 g/mol. The Bertz CT molecular complexity index is 858. The van der Waals surface area contributed by atoms with Gasteiger partial charge in [-0.3, -0.25) is 0 Å². The molecule has 0 aromatic heterocycles. The van der Waals surface area contributed by atoms with E-state index in [9.17, 15) is 0 Å². The molecule has 0 N–H and O–H groups in total. The third-order valence-electron chi connectivity index (χ3n) is 6.47. The monoisotopic (exact) mass is 474 g/mol. The Morgan fingerprint density at radius 1 is 0.567 bits per heavy atom. The SMILES string of the molecule is CCCCC[Si](C)(Cl)c1c2ccccc2c([Si](C)(Cl)CCCCC)c2ccccc12. The molecule has 0 heterocycles. The summed E-state index contributed by atoms with van der Waals surface area (Å²) in [5.41, 5.74) is 0. The molecule has 0 aliphatic heterocycles. The molecule has 162 valence electrons. The highest BCUT2D eigenvalue weighted by molar-refractivity contribution is 7.29. The molecule has 2 unspecified atom stereocenters. The van der Waals surface area contributed by atoms with E-state index < -0.39 is 14.8 Å². The Morgan fingerprint density at radius 3 is 1.13 bits per heavy atom. The van der Waals surface area contributed by atoms with Gasteiger partial charge in [0.1, 0.15) is 0 Å². The van der Waals surface area contributed by atoms with E-state index >= 15 is 0 Å². The van der Waals surface area contributed by atoms with Gasteiger partial charge in [0.15, 0.2) is 14.8 Å².